The SMILES string of the molecule is COCC1CCN(C(=O)C2CNC(=O)C2)C1. The Morgan fingerprint density at radius 3 is 3.06 bits per heavy atom. The second-order valence-electron chi connectivity index (χ2n) is 4.60. The molecule has 2 fully saturated rings. The summed E-state index contributed by atoms with van der Waals surface area (Å²) in [6, 6.07) is 0. The Hall–Kier alpha value is -1.10. The molecule has 0 aliphatic carbocycles. The Kier molecular flexibility index (Phi) is 3.43. The van der Waals surface area contributed by atoms with E-state index in [1.54, 1.807) is 7.11 Å². The van der Waals surface area contributed by atoms with Crippen molar-refractivity contribution in [3.8, 4) is 0 Å². The van der Waals surface area contributed by atoms with Crippen molar-refractivity contribution in [2.45, 2.75) is 12.8 Å². The summed E-state index contributed by atoms with van der Waals surface area (Å²) in [5, 5.41) is 2.70. The molecule has 2 heterocycles. The van der Waals surface area contributed by atoms with Gasteiger partial charge >= 0.3 is 0 Å². The first kappa shape index (κ1) is 11.4. The van der Waals surface area contributed by atoms with Crippen LogP contribution in [0.2, 0.25) is 0 Å². The molecule has 2 unspecified atom stereocenters. The fourth-order valence-corrected chi connectivity index (χ4v) is 2.44. The number of nitrogens with zero attached hydrogens (tertiary/aromatic N) is 1. The van der Waals surface area contributed by atoms with E-state index in [9.17, 15) is 9.59 Å². The third kappa shape index (κ3) is 2.35. The fourth-order valence-electron chi connectivity index (χ4n) is 2.44. The predicted molar refractivity (Wildman–Crippen MR) is 57.7 cm³/mol. The first-order valence-corrected chi connectivity index (χ1v) is 5.75. The third-order valence-corrected chi connectivity index (χ3v) is 3.33. The average molecular weight is 226 g/mol. The summed E-state index contributed by atoms with van der Waals surface area (Å²) in [7, 11) is 1.68. The number of hydrogen-bond acceptors (Lipinski definition) is 3. The summed E-state index contributed by atoms with van der Waals surface area (Å²) in [6.45, 7) is 2.80. The molecule has 90 valence electrons. The van der Waals surface area contributed by atoms with E-state index in [4.69, 9.17) is 4.74 Å². The normalized spacial score (nSPS) is 29.6. The predicted octanol–water partition coefficient (Wildman–Crippen LogP) is -0.383. The van der Waals surface area contributed by atoms with Gasteiger partial charge in [0.05, 0.1) is 12.5 Å². The zero-order valence-electron chi connectivity index (χ0n) is 9.57. The van der Waals surface area contributed by atoms with Crippen molar-refractivity contribution in [1.82, 2.24) is 10.2 Å². The van der Waals surface area contributed by atoms with E-state index < -0.39 is 0 Å². The number of amides is 2. The number of rotatable bonds is 3. The molecule has 2 saturated heterocycles. The molecule has 1 N–H and O–H groups in total. The smallest absolute Gasteiger partial charge is 0.227 e. The molecule has 2 aliphatic heterocycles. The Morgan fingerprint density at radius 1 is 1.62 bits per heavy atom. The van der Waals surface area contributed by atoms with E-state index in [2.05, 4.69) is 5.32 Å². The number of ether oxygens (including phenoxy) is 1. The highest BCUT2D eigenvalue weighted by atomic mass is 16.5. The van der Waals surface area contributed by atoms with Gasteiger partial charge in [0.25, 0.3) is 0 Å². The standard InChI is InChI=1S/C11H18N2O3/c1-16-7-8-2-3-13(6-8)11(15)9-4-10(14)12-5-9/h8-9H,2-7H2,1H3,(H,12,14). The van der Waals surface area contributed by atoms with E-state index in [1.807, 2.05) is 4.90 Å². The Morgan fingerprint density at radius 2 is 2.44 bits per heavy atom. The minimum absolute atomic E-state index is 0.00834. The Bertz CT molecular complexity index is 293. The van der Waals surface area contributed by atoms with Crippen LogP contribution in [0.25, 0.3) is 0 Å². The van der Waals surface area contributed by atoms with Gasteiger partial charge in [0.15, 0.2) is 0 Å². The minimum Gasteiger partial charge on any atom is -0.384 e. The van der Waals surface area contributed by atoms with Crippen LogP contribution in [0, 0.1) is 11.8 Å². The van der Waals surface area contributed by atoms with Crippen molar-refractivity contribution in [3.63, 3.8) is 0 Å². The molecule has 0 saturated carbocycles. The second-order valence-corrected chi connectivity index (χ2v) is 4.60. The lowest BCUT2D eigenvalue weighted by molar-refractivity contribution is -0.135. The lowest BCUT2D eigenvalue weighted by atomic mass is 10.1. The van der Waals surface area contributed by atoms with Gasteiger partial charge in [-0.2, -0.15) is 0 Å². The van der Waals surface area contributed by atoms with Crippen LogP contribution in [0.1, 0.15) is 12.8 Å². The first-order valence-electron chi connectivity index (χ1n) is 5.75. The summed E-state index contributed by atoms with van der Waals surface area (Å²) in [5.74, 6) is 0.427. The largest absolute Gasteiger partial charge is 0.384 e. The summed E-state index contributed by atoms with van der Waals surface area (Å²) in [6.07, 6.45) is 1.36. The van der Waals surface area contributed by atoms with Gasteiger partial charge in [-0.05, 0) is 6.42 Å². The number of carbonyl (C=O) groups excluding carboxylic acids is 2. The molecule has 0 radical (unpaired) electrons. The topological polar surface area (TPSA) is 58.6 Å². The van der Waals surface area contributed by atoms with E-state index in [-0.39, 0.29) is 17.7 Å². The van der Waals surface area contributed by atoms with Gasteiger partial charge in [-0.3, -0.25) is 9.59 Å². The fraction of sp³-hybridized carbons (Fsp3) is 0.818. The molecule has 2 rings (SSSR count). The molecular formula is C11H18N2O3. The molecule has 16 heavy (non-hydrogen) atoms. The molecular weight excluding hydrogens is 208 g/mol. The molecule has 0 spiro atoms. The van der Waals surface area contributed by atoms with E-state index in [1.165, 1.54) is 0 Å². The maximum atomic E-state index is 12.0. The van der Waals surface area contributed by atoms with Gasteiger partial charge < -0.3 is 15.0 Å². The van der Waals surface area contributed by atoms with Gasteiger partial charge in [-0.1, -0.05) is 0 Å². The summed E-state index contributed by atoms with van der Waals surface area (Å²) in [5.41, 5.74) is 0. The average Bonchev–Trinajstić information content (AvgIpc) is 2.87. The van der Waals surface area contributed by atoms with Gasteiger partial charge in [0, 0.05) is 39.1 Å². The van der Waals surface area contributed by atoms with Crippen LogP contribution < -0.4 is 5.32 Å². The van der Waals surface area contributed by atoms with Crippen molar-refractivity contribution in [2.24, 2.45) is 11.8 Å². The van der Waals surface area contributed by atoms with E-state index in [0.29, 0.717) is 25.5 Å². The minimum atomic E-state index is -0.145. The van der Waals surface area contributed by atoms with Crippen molar-refractivity contribution in [3.05, 3.63) is 0 Å². The summed E-state index contributed by atoms with van der Waals surface area (Å²) < 4.78 is 5.09. The lowest BCUT2D eigenvalue weighted by Gasteiger charge is -2.19. The second kappa shape index (κ2) is 4.82. The molecule has 2 atom stereocenters. The monoisotopic (exact) mass is 226 g/mol. The van der Waals surface area contributed by atoms with Gasteiger partial charge in [0.1, 0.15) is 0 Å². The highest BCUT2D eigenvalue weighted by Crippen LogP contribution is 2.21. The molecule has 0 bridgehead atoms. The Balaban J connectivity index is 1.84. The highest BCUT2D eigenvalue weighted by molar-refractivity contribution is 5.89. The molecule has 5 nitrogen and oxygen atoms in total. The van der Waals surface area contributed by atoms with Crippen molar-refractivity contribution >= 4 is 11.8 Å². The zero-order valence-corrected chi connectivity index (χ0v) is 9.57. The molecule has 5 heteroatoms. The lowest BCUT2D eigenvalue weighted by Crippen LogP contribution is -2.35. The maximum Gasteiger partial charge on any atom is 0.227 e. The van der Waals surface area contributed by atoms with Crippen LogP contribution in [-0.4, -0.2) is 50.1 Å². The van der Waals surface area contributed by atoms with Crippen molar-refractivity contribution < 1.29 is 14.3 Å². The van der Waals surface area contributed by atoms with Crippen LogP contribution in [0.4, 0.5) is 0 Å². The van der Waals surface area contributed by atoms with Crippen LogP contribution in [-0.2, 0) is 14.3 Å². The molecule has 0 aromatic heterocycles. The van der Waals surface area contributed by atoms with E-state index in [0.717, 1.165) is 19.5 Å². The number of carbonyl (C=O) groups is 2. The highest BCUT2D eigenvalue weighted by Gasteiger charge is 2.34. The van der Waals surface area contributed by atoms with Crippen molar-refractivity contribution in [1.29, 1.82) is 0 Å². The van der Waals surface area contributed by atoms with Crippen LogP contribution in [0.15, 0.2) is 0 Å². The third-order valence-electron chi connectivity index (χ3n) is 3.33. The van der Waals surface area contributed by atoms with Crippen LogP contribution in [0.5, 0.6) is 0 Å². The Labute approximate surface area is 95.1 Å². The van der Waals surface area contributed by atoms with Crippen LogP contribution in [0.3, 0.4) is 0 Å². The van der Waals surface area contributed by atoms with E-state index >= 15 is 0 Å². The maximum absolute atomic E-state index is 12.0. The number of hydrogen-bond donors (Lipinski definition) is 1. The van der Waals surface area contributed by atoms with Gasteiger partial charge in [0.2, 0.25) is 11.8 Å². The van der Waals surface area contributed by atoms with Crippen molar-refractivity contribution in [2.75, 3.05) is 33.4 Å². The first-order chi connectivity index (χ1) is 7.70. The molecule has 2 aliphatic rings. The quantitative estimate of drug-likeness (QED) is 0.713. The molecule has 0 aromatic rings. The number of nitrogens with one attached hydrogen (secondary N) is 1. The molecule has 0 aromatic carbocycles. The zero-order chi connectivity index (χ0) is 11.5. The molecule has 2 amide bonds. The van der Waals surface area contributed by atoms with Gasteiger partial charge in [-0.25, -0.2) is 0 Å². The number of methoxy groups -OCH3 is 1. The van der Waals surface area contributed by atoms with Gasteiger partial charge in [-0.15, -0.1) is 0 Å². The summed E-state index contributed by atoms with van der Waals surface area (Å²) >= 11 is 0. The van der Waals surface area contributed by atoms with Crippen LogP contribution >= 0.6 is 0 Å². The summed E-state index contributed by atoms with van der Waals surface area (Å²) in [4.78, 5) is 24.9. The number of likely N-dealkylation sites (tertiary alicyclic amines) is 1.